The summed E-state index contributed by atoms with van der Waals surface area (Å²) in [6.45, 7) is 4.64. The smallest absolute Gasteiger partial charge is 0.0157 e. The van der Waals surface area contributed by atoms with E-state index in [4.69, 9.17) is 0 Å². The molecule has 1 fully saturated rings. The summed E-state index contributed by atoms with van der Waals surface area (Å²) in [6, 6.07) is 8.89. The Morgan fingerprint density at radius 2 is 1.93 bits per heavy atom. The lowest BCUT2D eigenvalue weighted by atomic mass is 9.78. The summed E-state index contributed by atoms with van der Waals surface area (Å²) in [5.74, 6) is 1.76. The van der Waals surface area contributed by atoms with Gasteiger partial charge in [0.15, 0.2) is 0 Å². The topological polar surface area (TPSA) is 0 Å². The molecule has 1 aliphatic rings. The van der Waals surface area contributed by atoms with Gasteiger partial charge in [-0.3, -0.25) is 0 Å². The number of hydrogen-bond acceptors (Lipinski definition) is 0. The Hall–Kier alpha value is -0.780. The van der Waals surface area contributed by atoms with E-state index >= 15 is 0 Å². The van der Waals surface area contributed by atoms with Gasteiger partial charge in [-0.05, 0) is 42.7 Å². The molecule has 0 aliphatic heterocycles. The highest BCUT2D eigenvalue weighted by Crippen LogP contribution is 2.36. The first-order chi connectivity index (χ1) is 6.77. The highest BCUT2D eigenvalue weighted by atomic mass is 14.3. The van der Waals surface area contributed by atoms with Crippen LogP contribution in [0.1, 0.15) is 49.7 Å². The van der Waals surface area contributed by atoms with Gasteiger partial charge in [0.05, 0.1) is 0 Å². The Labute approximate surface area is 87.3 Å². The predicted molar refractivity (Wildman–Crippen MR) is 61.6 cm³/mol. The van der Waals surface area contributed by atoms with Crippen LogP contribution in [0.4, 0.5) is 0 Å². The summed E-state index contributed by atoms with van der Waals surface area (Å²) >= 11 is 0. The molecule has 1 saturated carbocycles. The highest BCUT2D eigenvalue weighted by Gasteiger charge is 2.20. The Bertz CT molecular complexity index is 301. The lowest BCUT2D eigenvalue weighted by molar-refractivity contribution is 0.343. The molecule has 2 rings (SSSR count). The van der Waals surface area contributed by atoms with E-state index in [2.05, 4.69) is 38.1 Å². The summed E-state index contributed by atoms with van der Waals surface area (Å²) in [6.07, 6.45) is 5.64. The van der Waals surface area contributed by atoms with Gasteiger partial charge >= 0.3 is 0 Å². The molecule has 0 radical (unpaired) electrons. The number of aryl methyl sites for hydroxylation is 1. The fourth-order valence-electron chi connectivity index (χ4n) is 2.76. The van der Waals surface area contributed by atoms with E-state index in [1.807, 2.05) is 0 Å². The molecule has 1 aromatic carbocycles. The van der Waals surface area contributed by atoms with Crippen molar-refractivity contribution in [1.82, 2.24) is 0 Å². The van der Waals surface area contributed by atoms with Crippen LogP contribution in [0.15, 0.2) is 24.3 Å². The fourth-order valence-corrected chi connectivity index (χ4v) is 2.76. The second-order valence-corrected chi connectivity index (χ2v) is 4.83. The first kappa shape index (κ1) is 9.76. The molecule has 0 N–H and O–H groups in total. The van der Waals surface area contributed by atoms with E-state index in [0.29, 0.717) is 0 Å². The number of rotatable bonds is 1. The zero-order valence-corrected chi connectivity index (χ0v) is 9.29. The first-order valence-electron chi connectivity index (χ1n) is 5.83. The molecule has 0 spiro atoms. The molecule has 1 unspecified atom stereocenters. The van der Waals surface area contributed by atoms with E-state index in [1.54, 1.807) is 5.56 Å². The molecule has 0 saturated heterocycles. The van der Waals surface area contributed by atoms with Crippen molar-refractivity contribution < 1.29 is 0 Å². The van der Waals surface area contributed by atoms with Crippen molar-refractivity contribution in [1.29, 1.82) is 0 Å². The van der Waals surface area contributed by atoms with Gasteiger partial charge in [-0.25, -0.2) is 0 Å². The molecule has 0 bridgehead atoms. The van der Waals surface area contributed by atoms with Crippen molar-refractivity contribution in [2.75, 3.05) is 0 Å². The highest BCUT2D eigenvalue weighted by molar-refractivity contribution is 5.29. The lowest BCUT2D eigenvalue weighted by Crippen LogP contribution is -2.12. The Balaban J connectivity index is 2.18. The number of benzene rings is 1. The Kier molecular flexibility index (Phi) is 2.90. The standard InChI is InChI=1S/C14H20/c1-11-6-5-8-13(10-11)14-9-4-3-7-12(14)2/h3-4,7,9,11,13H,5-6,8,10H2,1-2H3/t11?,13-/m1/s1. The van der Waals surface area contributed by atoms with Gasteiger partial charge < -0.3 is 0 Å². The van der Waals surface area contributed by atoms with Gasteiger partial charge in [-0.1, -0.05) is 44.0 Å². The van der Waals surface area contributed by atoms with Crippen molar-refractivity contribution in [2.45, 2.75) is 45.4 Å². The summed E-state index contributed by atoms with van der Waals surface area (Å²) in [5.41, 5.74) is 3.07. The average Bonchev–Trinajstić information content (AvgIpc) is 2.18. The fraction of sp³-hybridized carbons (Fsp3) is 0.571. The third-order valence-corrected chi connectivity index (χ3v) is 3.56. The van der Waals surface area contributed by atoms with Gasteiger partial charge in [0.25, 0.3) is 0 Å². The van der Waals surface area contributed by atoms with Crippen molar-refractivity contribution in [2.24, 2.45) is 5.92 Å². The maximum absolute atomic E-state index is 2.39. The normalized spacial score (nSPS) is 27.6. The molecule has 76 valence electrons. The maximum atomic E-state index is 2.39. The molecular weight excluding hydrogens is 168 g/mol. The first-order valence-corrected chi connectivity index (χ1v) is 5.83. The molecule has 1 aromatic rings. The van der Waals surface area contributed by atoms with E-state index in [9.17, 15) is 0 Å². The zero-order chi connectivity index (χ0) is 9.97. The molecule has 0 heteroatoms. The summed E-state index contributed by atoms with van der Waals surface area (Å²) in [5, 5.41) is 0. The van der Waals surface area contributed by atoms with Crippen molar-refractivity contribution in [3.63, 3.8) is 0 Å². The Morgan fingerprint density at radius 1 is 1.14 bits per heavy atom. The minimum Gasteiger partial charge on any atom is -0.0625 e. The SMILES string of the molecule is Cc1ccccc1[C@@H]1CCCC(C)C1. The van der Waals surface area contributed by atoms with Crippen LogP contribution in [0.25, 0.3) is 0 Å². The maximum Gasteiger partial charge on any atom is -0.0157 e. The lowest BCUT2D eigenvalue weighted by Gasteiger charge is -2.28. The molecular formula is C14H20. The van der Waals surface area contributed by atoms with Crippen molar-refractivity contribution in [3.05, 3.63) is 35.4 Å². The molecule has 1 aliphatic carbocycles. The second kappa shape index (κ2) is 4.16. The van der Waals surface area contributed by atoms with Gasteiger partial charge in [0.1, 0.15) is 0 Å². The second-order valence-electron chi connectivity index (χ2n) is 4.83. The third-order valence-electron chi connectivity index (χ3n) is 3.56. The predicted octanol–water partition coefficient (Wildman–Crippen LogP) is 4.29. The van der Waals surface area contributed by atoms with E-state index in [0.717, 1.165) is 11.8 Å². The largest absolute Gasteiger partial charge is 0.0625 e. The minimum atomic E-state index is 0.833. The van der Waals surface area contributed by atoms with Crippen LogP contribution in [0.2, 0.25) is 0 Å². The van der Waals surface area contributed by atoms with Crippen LogP contribution in [0.3, 0.4) is 0 Å². The van der Waals surface area contributed by atoms with Crippen LogP contribution in [0.5, 0.6) is 0 Å². The third kappa shape index (κ3) is 2.00. The zero-order valence-electron chi connectivity index (χ0n) is 9.29. The molecule has 0 amide bonds. The van der Waals surface area contributed by atoms with Crippen LogP contribution < -0.4 is 0 Å². The van der Waals surface area contributed by atoms with Crippen molar-refractivity contribution in [3.8, 4) is 0 Å². The van der Waals surface area contributed by atoms with E-state index in [-0.39, 0.29) is 0 Å². The van der Waals surface area contributed by atoms with Gasteiger partial charge in [-0.2, -0.15) is 0 Å². The molecule has 14 heavy (non-hydrogen) atoms. The van der Waals surface area contributed by atoms with Crippen LogP contribution >= 0.6 is 0 Å². The molecule has 0 aromatic heterocycles. The van der Waals surface area contributed by atoms with Crippen LogP contribution in [-0.2, 0) is 0 Å². The van der Waals surface area contributed by atoms with Gasteiger partial charge in [0.2, 0.25) is 0 Å². The minimum absolute atomic E-state index is 0.833. The molecule has 2 atom stereocenters. The summed E-state index contributed by atoms with van der Waals surface area (Å²) in [4.78, 5) is 0. The quantitative estimate of drug-likeness (QED) is 0.616. The average molecular weight is 188 g/mol. The number of hydrogen-bond donors (Lipinski definition) is 0. The molecule has 0 heterocycles. The summed E-state index contributed by atoms with van der Waals surface area (Å²) < 4.78 is 0. The Morgan fingerprint density at radius 3 is 2.64 bits per heavy atom. The molecule has 0 nitrogen and oxygen atoms in total. The van der Waals surface area contributed by atoms with E-state index < -0.39 is 0 Å². The van der Waals surface area contributed by atoms with Crippen LogP contribution in [0, 0.1) is 12.8 Å². The monoisotopic (exact) mass is 188 g/mol. The van der Waals surface area contributed by atoms with Crippen LogP contribution in [-0.4, -0.2) is 0 Å². The van der Waals surface area contributed by atoms with E-state index in [1.165, 1.54) is 31.2 Å². The summed E-state index contributed by atoms with van der Waals surface area (Å²) in [7, 11) is 0. The van der Waals surface area contributed by atoms with Gasteiger partial charge in [0, 0.05) is 0 Å². The van der Waals surface area contributed by atoms with Gasteiger partial charge in [-0.15, -0.1) is 0 Å². The van der Waals surface area contributed by atoms with Crippen molar-refractivity contribution >= 4 is 0 Å².